The zero-order chi connectivity index (χ0) is 21.5. The van der Waals surface area contributed by atoms with Crippen molar-refractivity contribution in [3.63, 3.8) is 0 Å². The number of amides is 1. The molecule has 0 unspecified atom stereocenters. The molecule has 0 spiro atoms. The summed E-state index contributed by atoms with van der Waals surface area (Å²) in [5, 5.41) is 19.3. The molecule has 8 heteroatoms. The molecule has 1 fully saturated rings. The monoisotopic (exact) mass is 415 g/mol. The Bertz CT molecular complexity index is 1250. The van der Waals surface area contributed by atoms with Gasteiger partial charge in [-0.25, -0.2) is 4.68 Å². The van der Waals surface area contributed by atoms with E-state index in [9.17, 15) is 4.79 Å². The molecule has 158 valence electrons. The predicted octanol–water partition coefficient (Wildman–Crippen LogP) is 4.12. The highest BCUT2D eigenvalue weighted by Crippen LogP contribution is 2.47. The van der Waals surface area contributed by atoms with Gasteiger partial charge in [-0.2, -0.15) is 10.1 Å². The first kappa shape index (κ1) is 19.3. The van der Waals surface area contributed by atoms with Gasteiger partial charge in [0, 0.05) is 35.3 Å². The molecule has 0 saturated heterocycles. The fraction of sp³-hybridized carbons (Fsp3) is 0.304. The molecule has 0 radical (unpaired) electrons. The number of anilines is 2. The minimum atomic E-state index is -0.0832. The third-order valence-electron chi connectivity index (χ3n) is 5.49. The van der Waals surface area contributed by atoms with Crippen molar-refractivity contribution in [2.24, 2.45) is 7.05 Å². The van der Waals surface area contributed by atoms with Crippen molar-refractivity contribution < 1.29 is 4.79 Å². The second-order valence-corrected chi connectivity index (χ2v) is 8.35. The van der Waals surface area contributed by atoms with E-state index in [1.807, 2.05) is 45.3 Å². The van der Waals surface area contributed by atoms with Gasteiger partial charge >= 0.3 is 0 Å². The second kappa shape index (κ2) is 7.54. The smallest absolute Gasteiger partial charge is 0.251 e. The Kier molecular flexibility index (Phi) is 4.69. The summed E-state index contributed by atoms with van der Waals surface area (Å²) < 4.78 is 1.74. The van der Waals surface area contributed by atoms with Gasteiger partial charge in [-0.1, -0.05) is 12.1 Å². The van der Waals surface area contributed by atoms with Crippen LogP contribution >= 0.6 is 0 Å². The number of rotatable bonds is 6. The summed E-state index contributed by atoms with van der Waals surface area (Å²) in [5.41, 5.74) is 4.86. The Morgan fingerprint density at radius 1 is 1.16 bits per heavy atom. The molecule has 0 bridgehead atoms. The van der Waals surface area contributed by atoms with E-state index in [2.05, 4.69) is 32.0 Å². The zero-order valence-corrected chi connectivity index (χ0v) is 17.8. The number of aromatic amines is 1. The molecule has 0 aliphatic heterocycles. The molecule has 4 aromatic rings. The number of hydrogen-bond donors (Lipinski definition) is 3. The summed E-state index contributed by atoms with van der Waals surface area (Å²) >= 11 is 0. The Balaban J connectivity index is 1.41. The highest BCUT2D eigenvalue weighted by atomic mass is 16.1. The van der Waals surface area contributed by atoms with Gasteiger partial charge in [0.05, 0.1) is 11.7 Å². The summed E-state index contributed by atoms with van der Waals surface area (Å²) in [6, 6.07) is 11.6. The van der Waals surface area contributed by atoms with Crippen molar-refractivity contribution in [3.8, 4) is 11.4 Å². The maximum Gasteiger partial charge on any atom is 0.251 e. The van der Waals surface area contributed by atoms with E-state index < -0.39 is 0 Å². The molecule has 1 amide bonds. The highest BCUT2D eigenvalue weighted by Gasteiger charge is 2.29. The van der Waals surface area contributed by atoms with Crippen LogP contribution in [0.1, 0.15) is 48.5 Å². The molecule has 5 rings (SSSR count). The Labute approximate surface area is 180 Å². The van der Waals surface area contributed by atoms with E-state index in [-0.39, 0.29) is 11.9 Å². The summed E-state index contributed by atoms with van der Waals surface area (Å²) in [7, 11) is 1.87. The molecule has 3 N–H and O–H groups in total. The van der Waals surface area contributed by atoms with Crippen LogP contribution in [0, 0.1) is 0 Å². The number of aromatic nitrogens is 5. The van der Waals surface area contributed by atoms with Crippen molar-refractivity contribution >= 4 is 28.4 Å². The molecular formula is C23H25N7O. The van der Waals surface area contributed by atoms with Crippen LogP contribution in [0.25, 0.3) is 22.3 Å². The topological polar surface area (TPSA) is 101 Å². The van der Waals surface area contributed by atoms with Crippen LogP contribution in [0.5, 0.6) is 0 Å². The van der Waals surface area contributed by atoms with E-state index in [0.29, 0.717) is 23.3 Å². The third kappa shape index (κ3) is 3.76. The Morgan fingerprint density at radius 2 is 1.94 bits per heavy atom. The Hall–Kier alpha value is -3.68. The van der Waals surface area contributed by atoms with E-state index in [1.54, 1.807) is 16.8 Å². The fourth-order valence-corrected chi connectivity index (χ4v) is 3.81. The molecule has 31 heavy (non-hydrogen) atoms. The lowest BCUT2D eigenvalue weighted by atomic mass is 10.0. The lowest BCUT2D eigenvalue weighted by Gasteiger charge is -2.11. The maximum atomic E-state index is 12.2. The van der Waals surface area contributed by atoms with Gasteiger partial charge in [-0.05, 0) is 62.4 Å². The van der Waals surface area contributed by atoms with Gasteiger partial charge in [0.2, 0.25) is 5.95 Å². The average molecular weight is 416 g/mol. The van der Waals surface area contributed by atoms with Crippen molar-refractivity contribution in [1.29, 1.82) is 0 Å². The number of aryl methyl sites for hydroxylation is 1. The lowest BCUT2D eigenvalue weighted by molar-refractivity contribution is 0.0943. The molecular weight excluding hydrogens is 390 g/mol. The number of nitrogens with zero attached hydrogens (tertiary/aromatic N) is 4. The van der Waals surface area contributed by atoms with Gasteiger partial charge in [0.1, 0.15) is 0 Å². The summed E-state index contributed by atoms with van der Waals surface area (Å²) in [4.78, 5) is 16.9. The minimum absolute atomic E-state index is 0.0832. The van der Waals surface area contributed by atoms with Crippen LogP contribution in [0.2, 0.25) is 0 Å². The van der Waals surface area contributed by atoms with Gasteiger partial charge in [-0.15, -0.1) is 5.10 Å². The molecule has 2 aromatic carbocycles. The molecule has 2 heterocycles. The van der Waals surface area contributed by atoms with E-state index in [0.717, 1.165) is 22.2 Å². The van der Waals surface area contributed by atoms with E-state index >= 15 is 0 Å². The van der Waals surface area contributed by atoms with Gasteiger partial charge in [-0.3, -0.25) is 9.89 Å². The first-order valence-corrected chi connectivity index (χ1v) is 10.5. The highest BCUT2D eigenvalue weighted by molar-refractivity contribution is 5.94. The standard InChI is InChI=1S/C23H25N7O/c1-13(2)25-22(31)16-8-6-15(7-9-16)21-27-23(30(3)29-21)26-19-11-10-18-17(12-24-28-18)20(19)14-4-5-14/h6-14H,4-5H2,1-3H3,(H,24,28)(H,25,31)(H,26,27,29). The fourth-order valence-electron chi connectivity index (χ4n) is 3.81. The summed E-state index contributed by atoms with van der Waals surface area (Å²) in [5.74, 6) is 1.75. The third-order valence-corrected chi connectivity index (χ3v) is 5.49. The van der Waals surface area contributed by atoms with E-state index in [1.165, 1.54) is 18.4 Å². The minimum Gasteiger partial charge on any atom is -0.350 e. The number of fused-ring (bicyclic) bond motifs is 1. The lowest BCUT2D eigenvalue weighted by Crippen LogP contribution is -2.29. The van der Waals surface area contributed by atoms with Crippen molar-refractivity contribution in [2.45, 2.75) is 38.6 Å². The number of H-pyrrole nitrogens is 1. The van der Waals surface area contributed by atoms with Crippen LogP contribution in [0.15, 0.2) is 42.6 Å². The van der Waals surface area contributed by atoms with E-state index in [4.69, 9.17) is 4.98 Å². The molecule has 0 atom stereocenters. The number of carbonyl (C=O) groups excluding carboxylic acids is 1. The second-order valence-electron chi connectivity index (χ2n) is 8.35. The Morgan fingerprint density at radius 3 is 2.65 bits per heavy atom. The van der Waals surface area contributed by atoms with Crippen LogP contribution in [-0.2, 0) is 7.05 Å². The number of hydrogen-bond acceptors (Lipinski definition) is 5. The molecule has 1 aliphatic rings. The van der Waals surface area contributed by atoms with Crippen LogP contribution in [0.3, 0.4) is 0 Å². The summed E-state index contributed by atoms with van der Waals surface area (Å²) in [6.07, 6.45) is 4.28. The van der Waals surface area contributed by atoms with Crippen molar-refractivity contribution in [1.82, 2.24) is 30.3 Å². The largest absolute Gasteiger partial charge is 0.350 e. The quantitative estimate of drug-likeness (QED) is 0.440. The summed E-state index contributed by atoms with van der Waals surface area (Å²) in [6.45, 7) is 3.88. The van der Waals surface area contributed by atoms with Crippen molar-refractivity contribution in [3.05, 3.63) is 53.7 Å². The molecule has 2 aromatic heterocycles. The zero-order valence-electron chi connectivity index (χ0n) is 17.8. The number of benzene rings is 2. The first-order valence-electron chi connectivity index (χ1n) is 10.5. The predicted molar refractivity (Wildman–Crippen MR) is 120 cm³/mol. The number of carbonyl (C=O) groups is 1. The molecule has 8 nitrogen and oxygen atoms in total. The van der Waals surface area contributed by atoms with Gasteiger partial charge < -0.3 is 10.6 Å². The maximum absolute atomic E-state index is 12.2. The van der Waals surface area contributed by atoms with Crippen LogP contribution < -0.4 is 10.6 Å². The van der Waals surface area contributed by atoms with Gasteiger partial charge in [0.25, 0.3) is 5.91 Å². The molecule has 1 aliphatic carbocycles. The number of nitrogens with one attached hydrogen (secondary N) is 3. The SMILES string of the molecule is CC(C)NC(=O)c1ccc(-c2nc(Nc3ccc4[nH]ncc4c3C3CC3)n(C)n2)cc1. The normalized spacial score (nSPS) is 13.7. The first-order chi connectivity index (χ1) is 15.0. The van der Waals surface area contributed by atoms with Crippen molar-refractivity contribution in [2.75, 3.05) is 5.32 Å². The average Bonchev–Trinajstić information content (AvgIpc) is 3.35. The molecule has 1 saturated carbocycles. The van der Waals surface area contributed by atoms with Gasteiger partial charge in [0.15, 0.2) is 5.82 Å². The van der Waals surface area contributed by atoms with Crippen LogP contribution in [-0.4, -0.2) is 36.9 Å². The van der Waals surface area contributed by atoms with Crippen LogP contribution in [0.4, 0.5) is 11.6 Å².